The molecular formula is C19H21FN4O2. The average Bonchev–Trinajstić information content (AvgIpc) is 3.28. The summed E-state index contributed by atoms with van der Waals surface area (Å²) in [5.41, 5.74) is 1.74. The van der Waals surface area contributed by atoms with Crippen LogP contribution in [-0.4, -0.2) is 32.4 Å². The van der Waals surface area contributed by atoms with Crippen LogP contribution in [0.1, 0.15) is 42.8 Å². The fraction of sp³-hybridized carbons (Fsp3) is 0.421. The summed E-state index contributed by atoms with van der Waals surface area (Å²) in [4.78, 5) is 13.1. The molecule has 1 saturated heterocycles. The third-order valence-electron chi connectivity index (χ3n) is 4.83. The summed E-state index contributed by atoms with van der Waals surface area (Å²) in [5.74, 6) is 0.616. The minimum Gasteiger partial charge on any atom is -0.381 e. The molecule has 1 aromatic carbocycles. The molecule has 3 heterocycles. The van der Waals surface area contributed by atoms with Gasteiger partial charge in [-0.15, -0.1) is 10.2 Å². The van der Waals surface area contributed by atoms with Gasteiger partial charge in [-0.1, -0.05) is 19.1 Å². The molecule has 0 N–H and O–H groups in total. The molecule has 1 unspecified atom stereocenters. The van der Waals surface area contributed by atoms with Gasteiger partial charge < -0.3 is 9.30 Å². The average molecular weight is 356 g/mol. The van der Waals surface area contributed by atoms with Crippen LogP contribution in [0.4, 0.5) is 4.39 Å². The molecule has 0 radical (unpaired) electrons. The molecule has 1 atom stereocenters. The number of hydrogen-bond donors (Lipinski definition) is 0. The first-order chi connectivity index (χ1) is 12.7. The number of aryl methyl sites for hydroxylation is 1. The molecule has 0 spiro atoms. The molecule has 6 nitrogen and oxygen atoms in total. The van der Waals surface area contributed by atoms with Gasteiger partial charge in [0.05, 0.1) is 13.2 Å². The number of aromatic nitrogens is 4. The summed E-state index contributed by atoms with van der Waals surface area (Å²) in [7, 11) is 0. The number of nitrogens with zero attached hydrogens (tertiary/aromatic N) is 4. The van der Waals surface area contributed by atoms with E-state index >= 15 is 0 Å². The Bertz CT molecular complexity index is 989. The first-order valence-corrected chi connectivity index (χ1v) is 8.97. The van der Waals surface area contributed by atoms with E-state index in [2.05, 4.69) is 17.1 Å². The third-order valence-corrected chi connectivity index (χ3v) is 4.83. The predicted octanol–water partition coefficient (Wildman–Crippen LogP) is 2.53. The van der Waals surface area contributed by atoms with Gasteiger partial charge in [0.2, 0.25) is 5.65 Å². The van der Waals surface area contributed by atoms with Crippen LogP contribution in [0.15, 0.2) is 35.3 Å². The zero-order valence-electron chi connectivity index (χ0n) is 14.7. The second-order valence-electron chi connectivity index (χ2n) is 6.70. The summed E-state index contributed by atoms with van der Waals surface area (Å²) in [6, 6.07) is 6.33. The highest BCUT2D eigenvalue weighted by atomic mass is 19.1. The van der Waals surface area contributed by atoms with Crippen LogP contribution in [0, 0.1) is 5.82 Å². The molecule has 0 bridgehead atoms. The highest BCUT2D eigenvalue weighted by Crippen LogP contribution is 2.25. The molecule has 1 fully saturated rings. The van der Waals surface area contributed by atoms with Gasteiger partial charge in [-0.05, 0) is 30.5 Å². The van der Waals surface area contributed by atoms with Gasteiger partial charge >= 0.3 is 0 Å². The summed E-state index contributed by atoms with van der Waals surface area (Å²) < 4.78 is 22.6. The van der Waals surface area contributed by atoms with E-state index in [4.69, 9.17) is 4.74 Å². The molecule has 3 aromatic rings. The lowest BCUT2D eigenvalue weighted by atomic mass is 10.0. The molecule has 2 aromatic heterocycles. The van der Waals surface area contributed by atoms with Crippen molar-refractivity contribution in [1.82, 2.24) is 19.2 Å². The largest absolute Gasteiger partial charge is 0.381 e. The van der Waals surface area contributed by atoms with Crippen LogP contribution >= 0.6 is 0 Å². The van der Waals surface area contributed by atoms with E-state index in [0.717, 1.165) is 36.3 Å². The van der Waals surface area contributed by atoms with Crippen molar-refractivity contribution < 1.29 is 9.13 Å². The van der Waals surface area contributed by atoms with Crippen molar-refractivity contribution in [2.75, 3.05) is 13.2 Å². The molecule has 1 aliphatic heterocycles. The summed E-state index contributed by atoms with van der Waals surface area (Å²) in [6.07, 6.45) is 4.50. The highest BCUT2D eigenvalue weighted by Gasteiger charge is 2.24. The number of rotatable bonds is 5. The second-order valence-corrected chi connectivity index (χ2v) is 6.70. The van der Waals surface area contributed by atoms with Gasteiger partial charge in [-0.2, -0.15) is 0 Å². The lowest BCUT2D eigenvalue weighted by molar-refractivity contribution is 0.193. The van der Waals surface area contributed by atoms with Crippen molar-refractivity contribution in [3.05, 3.63) is 63.7 Å². The number of fused-ring (bicyclic) bond motifs is 1. The van der Waals surface area contributed by atoms with Gasteiger partial charge in [0.25, 0.3) is 5.56 Å². The summed E-state index contributed by atoms with van der Waals surface area (Å²) >= 11 is 0. The normalized spacial score (nSPS) is 17.2. The lowest BCUT2D eigenvalue weighted by Crippen LogP contribution is -2.28. The van der Waals surface area contributed by atoms with Crippen molar-refractivity contribution >= 4 is 5.65 Å². The SMILES string of the molecule is CCCc1nnc2c(=O)n(Cc3cccc(F)c3)c(C3CCOC3)cn12. The lowest BCUT2D eigenvalue weighted by Gasteiger charge is -2.18. The van der Waals surface area contributed by atoms with Crippen LogP contribution in [0.5, 0.6) is 0 Å². The van der Waals surface area contributed by atoms with Gasteiger partial charge in [0, 0.05) is 30.8 Å². The van der Waals surface area contributed by atoms with E-state index in [0.29, 0.717) is 25.4 Å². The van der Waals surface area contributed by atoms with Crippen LogP contribution < -0.4 is 5.56 Å². The molecule has 0 amide bonds. The van der Waals surface area contributed by atoms with Gasteiger partial charge in [-0.3, -0.25) is 9.20 Å². The monoisotopic (exact) mass is 356 g/mol. The Hall–Kier alpha value is -2.54. The van der Waals surface area contributed by atoms with Gasteiger partial charge in [0.1, 0.15) is 11.6 Å². The maximum Gasteiger partial charge on any atom is 0.296 e. The summed E-state index contributed by atoms with van der Waals surface area (Å²) in [5, 5.41) is 8.28. The van der Waals surface area contributed by atoms with E-state index in [9.17, 15) is 9.18 Å². The van der Waals surface area contributed by atoms with Crippen molar-refractivity contribution in [3.63, 3.8) is 0 Å². The Morgan fingerprint density at radius 3 is 2.96 bits per heavy atom. The Morgan fingerprint density at radius 1 is 1.35 bits per heavy atom. The molecule has 1 aliphatic rings. The molecule has 26 heavy (non-hydrogen) atoms. The van der Waals surface area contributed by atoms with Crippen molar-refractivity contribution in [2.24, 2.45) is 0 Å². The standard InChI is InChI=1S/C19H21FN4O2/c1-2-4-17-21-22-18-19(25)23(10-13-5-3-6-15(20)9-13)16(11-24(17)18)14-7-8-26-12-14/h3,5-6,9,11,14H,2,4,7-8,10,12H2,1H3. The maximum absolute atomic E-state index is 13.6. The number of hydrogen-bond acceptors (Lipinski definition) is 4. The Balaban J connectivity index is 1.87. The summed E-state index contributed by atoms with van der Waals surface area (Å²) in [6.45, 7) is 3.63. The van der Waals surface area contributed by atoms with E-state index in [-0.39, 0.29) is 17.3 Å². The molecule has 136 valence electrons. The number of ether oxygens (including phenoxy) is 1. The van der Waals surface area contributed by atoms with E-state index in [1.165, 1.54) is 12.1 Å². The van der Waals surface area contributed by atoms with Crippen molar-refractivity contribution in [3.8, 4) is 0 Å². The first kappa shape index (κ1) is 16.9. The van der Waals surface area contributed by atoms with Crippen molar-refractivity contribution in [1.29, 1.82) is 0 Å². The Labute approximate surface area is 150 Å². The highest BCUT2D eigenvalue weighted by molar-refractivity contribution is 5.37. The van der Waals surface area contributed by atoms with Gasteiger partial charge in [-0.25, -0.2) is 4.39 Å². The quantitative estimate of drug-likeness (QED) is 0.705. The topological polar surface area (TPSA) is 61.4 Å². The zero-order chi connectivity index (χ0) is 18.1. The van der Waals surface area contributed by atoms with Crippen LogP contribution in [0.25, 0.3) is 5.65 Å². The maximum atomic E-state index is 13.6. The number of halogens is 1. The molecule has 4 rings (SSSR count). The fourth-order valence-electron chi connectivity index (χ4n) is 3.51. The van der Waals surface area contributed by atoms with Crippen LogP contribution in [-0.2, 0) is 17.7 Å². The minimum absolute atomic E-state index is 0.137. The molecular weight excluding hydrogens is 335 g/mol. The Morgan fingerprint density at radius 2 is 2.23 bits per heavy atom. The van der Waals surface area contributed by atoms with E-state index in [1.54, 1.807) is 10.6 Å². The van der Waals surface area contributed by atoms with Crippen LogP contribution in [0.3, 0.4) is 0 Å². The Kier molecular flexibility index (Phi) is 4.55. The van der Waals surface area contributed by atoms with E-state index in [1.807, 2.05) is 16.7 Å². The van der Waals surface area contributed by atoms with E-state index < -0.39 is 0 Å². The zero-order valence-corrected chi connectivity index (χ0v) is 14.7. The third kappa shape index (κ3) is 3.03. The smallest absolute Gasteiger partial charge is 0.296 e. The fourth-order valence-corrected chi connectivity index (χ4v) is 3.51. The van der Waals surface area contributed by atoms with Gasteiger partial charge in [0.15, 0.2) is 0 Å². The van der Waals surface area contributed by atoms with Crippen LogP contribution in [0.2, 0.25) is 0 Å². The van der Waals surface area contributed by atoms with Crippen molar-refractivity contribution in [2.45, 2.75) is 38.6 Å². The molecule has 7 heteroatoms. The number of benzene rings is 1. The second kappa shape index (κ2) is 6.99. The first-order valence-electron chi connectivity index (χ1n) is 8.97. The molecule has 0 saturated carbocycles. The predicted molar refractivity (Wildman–Crippen MR) is 94.9 cm³/mol. The molecule has 0 aliphatic carbocycles. The minimum atomic E-state index is -0.310.